The first-order valence-corrected chi connectivity index (χ1v) is 18.0. The molecule has 5 heteroatoms. The molecule has 1 heterocycles. The van der Waals surface area contributed by atoms with Gasteiger partial charge in [-0.25, -0.2) is 4.70 Å². The second kappa shape index (κ2) is 23.9. The molecule has 2 aromatic carbocycles. The number of hydrogen-bond acceptors (Lipinski definition) is 2. The molecule has 2 aromatic rings. The summed E-state index contributed by atoms with van der Waals surface area (Å²) in [5.74, 6) is 0. The fourth-order valence-corrected chi connectivity index (χ4v) is 5.50. The summed E-state index contributed by atoms with van der Waals surface area (Å²) in [6.45, 7) is 6.72. The normalized spacial score (nSPS) is 13.3. The molecule has 0 unspecified atom stereocenters. The quantitative estimate of drug-likeness (QED) is 0.0601. The van der Waals surface area contributed by atoms with Gasteiger partial charge in [0.25, 0.3) is 0 Å². The van der Waals surface area contributed by atoms with E-state index in [0.29, 0.717) is 0 Å². The number of nitrogens with zero attached hydrogens (tertiary/aromatic N) is 2. The van der Waals surface area contributed by atoms with Crippen molar-refractivity contribution in [3.63, 3.8) is 0 Å². The molecule has 0 radical (unpaired) electrons. The molecule has 44 heavy (non-hydrogen) atoms. The predicted molar refractivity (Wildman–Crippen MR) is 184 cm³/mol. The Morgan fingerprint density at radius 3 is 2.02 bits per heavy atom. The van der Waals surface area contributed by atoms with Gasteiger partial charge >= 0.3 is 39.9 Å². The molecular formula is C39H56N2O2Pd. The maximum atomic E-state index is 11.6. The summed E-state index contributed by atoms with van der Waals surface area (Å²) in [7, 11) is 3.22. The van der Waals surface area contributed by atoms with Gasteiger partial charge in [-0.05, 0) is 80.7 Å². The van der Waals surface area contributed by atoms with E-state index in [-0.39, 0.29) is 18.7 Å². The first-order chi connectivity index (χ1) is 21.6. The molecule has 0 spiro atoms. The van der Waals surface area contributed by atoms with Crippen molar-refractivity contribution >= 4 is 11.4 Å². The van der Waals surface area contributed by atoms with Gasteiger partial charge in [0.05, 0.1) is 5.57 Å². The van der Waals surface area contributed by atoms with E-state index in [2.05, 4.69) is 107 Å². The third-order valence-electron chi connectivity index (χ3n) is 7.68. The summed E-state index contributed by atoms with van der Waals surface area (Å²) in [4.78, 5) is 0. The van der Waals surface area contributed by atoms with Crippen molar-refractivity contribution in [3.05, 3.63) is 112 Å². The minimum absolute atomic E-state index is 0.0444. The van der Waals surface area contributed by atoms with Gasteiger partial charge in [-0.1, -0.05) is 114 Å². The second-order valence-electron chi connectivity index (χ2n) is 11.2. The molecule has 0 saturated heterocycles. The zero-order valence-electron chi connectivity index (χ0n) is 27.9. The summed E-state index contributed by atoms with van der Waals surface area (Å²) in [6, 6.07) is 17.3. The van der Waals surface area contributed by atoms with Crippen LogP contribution >= 0.6 is 0 Å². The van der Waals surface area contributed by atoms with Gasteiger partial charge in [0.1, 0.15) is 0 Å². The van der Waals surface area contributed by atoms with Crippen molar-refractivity contribution in [3.8, 4) is 0 Å². The first kappa shape index (κ1) is 37.8. The molecule has 0 fully saturated rings. The standard InChI is InChI=1S/C37H50N2.2CH3O.Pd/c1-4-7-10-12-13-14-15-16-18-22-32-23-19-20-25-35(32)36-30-34(24-17-11-8-5-2)37(39(36)38)33-28-26-31(27-29-33)21-9-6-3;2*1-2;/h14-15,17,19-20,23-30H,4-13,16,18,21-22H2,1-3H3;2*1H3;/q;2*-1;+2. The van der Waals surface area contributed by atoms with E-state index >= 15 is 0 Å². The average molecular weight is 691 g/mol. The predicted octanol–water partition coefficient (Wildman–Crippen LogP) is 11.6. The molecular weight excluding hydrogens is 635 g/mol. The van der Waals surface area contributed by atoms with Gasteiger partial charge < -0.3 is 5.53 Å². The van der Waals surface area contributed by atoms with Crippen LogP contribution in [0.15, 0.2) is 84.5 Å². The number of hydrogen-bond donors (Lipinski definition) is 0. The van der Waals surface area contributed by atoms with E-state index in [0.717, 1.165) is 60.2 Å². The molecule has 244 valence electrons. The topological polar surface area (TPSA) is 43.8 Å². The van der Waals surface area contributed by atoms with Crippen LogP contribution in [0.2, 0.25) is 0 Å². The van der Waals surface area contributed by atoms with Gasteiger partial charge in [-0.15, -0.1) is 0 Å². The molecule has 0 saturated carbocycles. The average Bonchev–Trinajstić information content (AvgIpc) is 3.37. The van der Waals surface area contributed by atoms with Gasteiger partial charge in [-0.3, -0.25) is 0 Å². The monoisotopic (exact) mass is 690 g/mol. The van der Waals surface area contributed by atoms with Crippen LogP contribution in [0.5, 0.6) is 0 Å². The Morgan fingerprint density at radius 2 is 1.36 bits per heavy atom. The van der Waals surface area contributed by atoms with E-state index in [1.165, 1.54) is 73.6 Å². The third kappa shape index (κ3) is 13.7. The molecule has 3 rings (SSSR count). The van der Waals surface area contributed by atoms with E-state index in [4.69, 9.17) is 0 Å². The van der Waals surface area contributed by atoms with Gasteiger partial charge in [0, 0.05) is 17.2 Å². The van der Waals surface area contributed by atoms with Crippen LogP contribution in [-0.2, 0) is 38.5 Å². The number of rotatable bonds is 20. The summed E-state index contributed by atoms with van der Waals surface area (Å²) in [6.07, 6.45) is 28.0. The van der Waals surface area contributed by atoms with Crippen molar-refractivity contribution in [1.82, 2.24) is 0 Å². The maximum absolute atomic E-state index is 11.6. The van der Waals surface area contributed by atoms with Crippen LogP contribution in [0, 0.1) is 0 Å². The number of allylic oxidation sites excluding steroid dienone is 6. The van der Waals surface area contributed by atoms with Crippen LogP contribution in [0.25, 0.3) is 16.9 Å². The van der Waals surface area contributed by atoms with Crippen molar-refractivity contribution in [2.45, 2.75) is 111 Å². The summed E-state index contributed by atoms with van der Waals surface area (Å²) >= 11 is 0.0444. The molecule has 0 aromatic heterocycles. The Balaban J connectivity index is 0.00000125. The Hall–Kier alpha value is -2.42. The third-order valence-corrected chi connectivity index (χ3v) is 8.20. The van der Waals surface area contributed by atoms with Crippen LogP contribution < -0.4 is 0 Å². The van der Waals surface area contributed by atoms with E-state index < -0.39 is 0 Å². The van der Waals surface area contributed by atoms with Crippen LogP contribution in [0.4, 0.5) is 0 Å². The molecule has 4 nitrogen and oxygen atoms in total. The van der Waals surface area contributed by atoms with Crippen molar-refractivity contribution < 1.29 is 30.3 Å². The molecule has 1 aliphatic heterocycles. The fourth-order valence-electron chi connectivity index (χ4n) is 5.25. The van der Waals surface area contributed by atoms with Crippen molar-refractivity contribution in [1.29, 1.82) is 0 Å². The first-order valence-electron chi connectivity index (χ1n) is 16.7. The summed E-state index contributed by atoms with van der Waals surface area (Å²) < 4.78 is 10.5. The van der Waals surface area contributed by atoms with Gasteiger partial charge in [0.15, 0.2) is 0 Å². The van der Waals surface area contributed by atoms with Crippen LogP contribution in [-0.4, -0.2) is 18.9 Å². The SMILES string of the molecule is CCCCC=CC1=C(c2ccc(CCCC)cc2)[N+](=[N-])C(c2ccccc2CCCC=CCCCCCC)=C1.C[O][Pd][O]C. The minimum atomic E-state index is 0.0444. The van der Waals surface area contributed by atoms with Crippen molar-refractivity contribution in [2.24, 2.45) is 0 Å². The fraction of sp³-hybridized carbons (Fsp3) is 0.487. The Morgan fingerprint density at radius 1 is 0.705 bits per heavy atom. The van der Waals surface area contributed by atoms with E-state index in [1.807, 2.05) is 0 Å². The second-order valence-corrected chi connectivity index (χ2v) is 12.7. The molecule has 0 atom stereocenters. The zero-order valence-corrected chi connectivity index (χ0v) is 29.5. The van der Waals surface area contributed by atoms with Gasteiger partial charge in [0.2, 0.25) is 11.4 Å². The van der Waals surface area contributed by atoms with Crippen LogP contribution in [0.1, 0.15) is 120 Å². The zero-order chi connectivity index (χ0) is 31.8. The summed E-state index contributed by atoms with van der Waals surface area (Å²) in [5.41, 5.74) is 19.2. The Kier molecular flexibility index (Phi) is 20.5. The molecule has 0 amide bonds. The van der Waals surface area contributed by atoms with E-state index in [9.17, 15) is 5.53 Å². The molecule has 0 N–H and O–H groups in total. The van der Waals surface area contributed by atoms with E-state index in [1.54, 1.807) is 14.2 Å². The number of benzene rings is 2. The Labute approximate surface area is 277 Å². The molecule has 0 aliphatic carbocycles. The van der Waals surface area contributed by atoms with Gasteiger partial charge in [-0.2, -0.15) is 0 Å². The Bertz CT molecular complexity index is 1210. The molecule has 0 bridgehead atoms. The van der Waals surface area contributed by atoms with Crippen molar-refractivity contribution in [2.75, 3.05) is 14.2 Å². The summed E-state index contributed by atoms with van der Waals surface area (Å²) in [5, 5.41) is 0. The number of unbranched alkanes of at least 4 members (excludes halogenated alkanes) is 8. The molecule has 1 aliphatic rings. The number of aryl methyl sites for hydroxylation is 2. The van der Waals surface area contributed by atoms with Crippen LogP contribution in [0.3, 0.4) is 0 Å².